The maximum Gasteiger partial charge on any atom is 0.338 e. The van der Waals surface area contributed by atoms with Crippen LogP contribution in [0.3, 0.4) is 0 Å². The summed E-state index contributed by atoms with van der Waals surface area (Å²) in [4.78, 5) is 23.7. The Morgan fingerprint density at radius 1 is 1.00 bits per heavy atom. The Labute approximate surface area is 126 Å². The van der Waals surface area contributed by atoms with Crippen molar-refractivity contribution in [3.8, 4) is 0 Å². The molecule has 0 spiro atoms. The quantitative estimate of drug-likeness (QED) is 0.774. The lowest BCUT2D eigenvalue weighted by molar-refractivity contribution is -0.00406. The van der Waals surface area contributed by atoms with Crippen molar-refractivity contribution >= 4 is 11.9 Å². The van der Waals surface area contributed by atoms with Gasteiger partial charge in [-0.15, -0.1) is 0 Å². The molecule has 4 nitrogen and oxygen atoms in total. The van der Waals surface area contributed by atoms with Gasteiger partial charge < -0.3 is 9.47 Å². The van der Waals surface area contributed by atoms with E-state index in [1.807, 2.05) is 27.7 Å². The van der Waals surface area contributed by atoms with E-state index in [0.29, 0.717) is 17.7 Å². The fourth-order valence-corrected chi connectivity index (χ4v) is 2.03. The second-order valence-electron chi connectivity index (χ2n) is 5.97. The van der Waals surface area contributed by atoms with Gasteiger partial charge >= 0.3 is 11.9 Å². The number of esters is 2. The maximum atomic E-state index is 12.1. The van der Waals surface area contributed by atoms with Crippen LogP contribution in [0.25, 0.3) is 0 Å². The minimum absolute atomic E-state index is 0.102. The molecule has 0 aromatic heterocycles. The van der Waals surface area contributed by atoms with Crippen molar-refractivity contribution in [1.29, 1.82) is 0 Å². The van der Waals surface area contributed by atoms with Crippen molar-refractivity contribution in [2.75, 3.05) is 6.61 Å². The highest BCUT2D eigenvalue weighted by molar-refractivity contribution is 5.93. The van der Waals surface area contributed by atoms with E-state index >= 15 is 0 Å². The third-order valence-corrected chi connectivity index (χ3v) is 3.22. The van der Waals surface area contributed by atoms with Crippen LogP contribution in [0.4, 0.5) is 0 Å². The smallest absolute Gasteiger partial charge is 0.338 e. The van der Waals surface area contributed by atoms with Crippen LogP contribution in [0.15, 0.2) is 24.3 Å². The van der Waals surface area contributed by atoms with Crippen LogP contribution in [0.5, 0.6) is 0 Å². The molecule has 1 aromatic carbocycles. The molecule has 0 aliphatic heterocycles. The van der Waals surface area contributed by atoms with Crippen LogP contribution < -0.4 is 0 Å². The summed E-state index contributed by atoms with van der Waals surface area (Å²) in [5, 5.41) is 0. The van der Waals surface area contributed by atoms with E-state index in [1.165, 1.54) is 0 Å². The Kier molecular flexibility index (Phi) is 5.94. The van der Waals surface area contributed by atoms with Gasteiger partial charge in [0.05, 0.1) is 17.7 Å². The first-order chi connectivity index (χ1) is 9.79. The van der Waals surface area contributed by atoms with E-state index in [9.17, 15) is 9.59 Å². The second-order valence-corrected chi connectivity index (χ2v) is 5.97. The van der Waals surface area contributed by atoms with E-state index in [2.05, 4.69) is 0 Å². The van der Waals surface area contributed by atoms with Gasteiger partial charge in [0.15, 0.2) is 0 Å². The zero-order valence-corrected chi connectivity index (χ0v) is 13.4. The SMILES string of the molecule is CCOC(=O)c1ccc(C(=O)OC(CC)C(C)(C)C)cc1. The Balaban J connectivity index is 2.78. The van der Waals surface area contributed by atoms with Crippen LogP contribution in [-0.4, -0.2) is 24.6 Å². The molecule has 0 saturated carbocycles. The van der Waals surface area contributed by atoms with Crippen LogP contribution in [-0.2, 0) is 9.47 Å². The summed E-state index contributed by atoms with van der Waals surface area (Å²) < 4.78 is 10.4. The average Bonchev–Trinajstić information content (AvgIpc) is 2.43. The number of rotatable bonds is 5. The summed E-state index contributed by atoms with van der Waals surface area (Å²) in [6.45, 7) is 10.2. The second kappa shape index (κ2) is 7.25. The van der Waals surface area contributed by atoms with Crippen molar-refractivity contribution in [3.63, 3.8) is 0 Å². The highest BCUT2D eigenvalue weighted by atomic mass is 16.5. The van der Waals surface area contributed by atoms with Gasteiger partial charge in [-0.1, -0.05) is 27.7 Å². The lowest BCUT2D eigenvalue weighted by Crippen LogP contribution is -2.31. The summed E-state index contributed by atoms with van der Waals surface area (Å²) in [5.41, 5.74) is 0.761. The van der Waals surface area contributed by atoms with Gasteiger partial charge in [-0.2, -0.15) is 0 Å². The molecule has 4 heteroatoms. The first kappa shape index (κ1) is 17.2. The number of benzene rings is 1. The third-order valence-electron chi connectivity index (χ3n) is 3.22. The van der Waals surface area contributed by atoms with E-state index in [4.69, 9.17) is 9.47 Å². The Morgan fingerprint density at radius 3 is 1.86 bits per heavy atom. The Bertz CT molecular complexity index is 483. The van der Waals surface area contributed by atoms with Gasteiger partial charge in [-0.25, -0.2) is 9.59 Å². The van der Waals surface area contributed by atoms with E-state index in [1.54, 1.807) is 31.2 Å². The molecule has 0 radical (unpaired) electrons. The molecule has 0 aliphatic rings. The molecule has 116 valence electrons. The van der Waals surface area contributed by atoms with Crippen molar-refractivity contribution in [2.45, 2.75) is 47.1 Å². The fourth-order valence-electron chi connectivity index (χ4n) is 2.03. The molecule has 1 atom stereocenters. The topological polar surface area (TPSA) is 52.6 Å². The van der Waals surface area contributed by atoms with Crippen LogP contribution >= 0.6 is 0 Å². The van der Waals surface area contributed by atoms with Gasteiger partial charge in [0.2, 0.25) is 0 Å². The van der Waals surface area contributed by atoms with Gasteiger partial charge in [-0.05, 0) is 43.0 Å². The zero-order chi connectivity index (χ0) is 16.0. The molecule has 1 aromatic rings. The van der Waals surface area contributed by atoms with Crippen molar-refractivity contribution < 1.29 is 19.1 Å². The fraction of sp³-hybridized carbons (Fsp3) is 0.529. The van der Waals surface area contributed by atoms with Crippen LogP contribution in [0.1, 0.15) is 61.8 Å². The number of carbonyl (C=O) groups is 2. The number of carbonyl (C=O) groups excluding carboxylic acids is 2. The van der Waals surface area contributed by atoms with E-state index in [-0.39, 0.29) is 17.5 Å². The monoisotopic (exact) mass is 292 g/mol. The average molecular weight is 292 g/mol. The highest BCUT2D eigenvalue weighted by Gasteiger charge is 2.27. The van der Waals surface area contributed by atoms with Crippen LogP contribution in [0, 0.1) is 5.41 Å². The van der Waals surface area contributed by atoms with Gasteiger partial charge in [0.25, 0.3) is 0 Å². The maximum absolute atomic E-state index is 12.1. The lowest BCUT2D eigenvalue weighted by Gasteiger charge is -2.29. The first-order valence-corrected chi connectivity index (χ1v) is 7.27. The molecule has 1 rings (SSSR count). The normalized spacial score (nSPS) is 12.6. The van der Waals surface area contributed by atoms with Gasteiger partial charge in [-0.3, -0.25) is 0 Å². The molecular weight excluding hydrogens is 268 g/mol. The third kappa shape index (κ3) is 4.88. The zero-order valence-electron chi connectivity index (χ0n) is 13.4. The standard InChI is InChI=1S/C17H24O4/c1-6-14(17(3,4)5)21-16(19)13-10-8-12(9-11-13)15(18)20-7-2/h8-11,14H,6-7H2,1-5H3. The van der Waals surface area contributed by atoms with Crippen molar-refractivity contribution in [3.05, 3.63) is 35.4 Å². The molecule has 0 aliphatic carbocycles. The summed E-state index contributed by atoms with van der Waals surface area (Å²) in [5.74, 6) is -0.759. The molecule has 0 saturated heterocycles. The number of hydrogen-bond acceptors (Lipinski definition) is 4. The molecule has 21 heavy (non-hydrogen) atoms. The predicted molar refractivity (Wildman–Crippen MR) is 81.3 cm³/mol. The van der Waals surface area contributed by atoms with Crippen molar-refractivity contribution in [2.24, 2.45) is 5.41 Å². The van der Waals surface area contributed by atoms with E-state index in [0.717, 1.165) is 6.42 Å². The predicted octanol–water partition coefficient (Wildman–Crippen LogP) is 3.84. The summed E-state index contributed by atoms with van der Waals surface area (Å²) >= 11 is 0. The molecule has 0 amide bonds. The summed E-state index contributed by atoms with van der Waals surface area (Å²) in [6.07, 6.45) is 0.616. The van der Waals surface area contributed by atoms with E-state index < -0.39 is 5.97 Å². The Hall–Kier alpha value is -1.84. The summed E-state index contributed by atoms with van der Waals surface area (Å²) in [6, 6.07) is 6.33. The summed E-state index contributed by atoms with van der Waals surface area (Å²) in [7, 11) is 0. The highest BCUT2D eigenvalue weighted by Crippen LogP contribution is 2.25. The van der Waals surface area contributed by atoms with Gasteiger partial charge in [0.1, 0.15) is 6.10 Å². The molecule has 0 bridgehead atoms. The molecule has 0 heterocycles. The lowest BCUT2D eigenvalue weighted by atomic mass is 9.87. The van der Waals surface area contributed by atoms with Gasteiger partial charge in [0, 0.05) is 0 Å². The first-order valence-electron chi connectivity index (χ1n) is 7.27. The molecular formula is C17H24O4. The number of ether oxygens (including phenoxy) is 2. The number of hydrogen-bond donors (Lipinski definition) is 0. The minimum atomic E-state index is -0.390. The molecule has 0 fully saturated rings. The largest absolute Gasteiger partial charge is 0.462 e. The molecule has 1 unspecified atom stereocenters. The van der Waals surface area contributed by atoms with Crippen molar-refractivity contribution in [1.82, 2.24) is 0 Å². The minimum Gasteiger partial charge on any atom is -0.462 e. The molecule has 0 N–H and O–H groups in total. The Morgan fingerprint density at radius 2 is 1.48 bits per heavy atom. The van der Waals surface area contributed by atoms with Crippen LogP contribution in [0.2, 0.25) is 0 Å².